The first-order valence-corrected chi connectivity index (χ1v) is 52.1. The number of hydrogen-bond donors (Lipinski definition) is 0. The molecule has 0 radical (unpaired) electrons. The van der Waals surface area contributed by atoms with Crippen molar-refractivity contribution in [3.05, 3.63) is 553 Å². The van der Waals surface area contributed by atoms with E-state index in [1.165, 1.54) is 138 Å². The molecule has 0 N–H and O–H groups in total. The van der Waals surface area contributed by atoms with Crippen LogP contribution in [0.25, 0.3) is 245 Å². The van der Waals surface area contributed by atoms with Crippen LogP contribution >= 0.6 is 45.3 Å². The minimum atomic E-state index is 0. The second-order valence-corrected chi connectivity index (χ2v) is 39.6. The molecular formula is C138H99N3O3S4. The summed E-state index contributed by atoms with van der Waals surface area (Å²) in [5.74, 6) is 4.27. The Labute approximate surface area is 878 Å². The third kappa shape index (κ3) is 19.2. The van der Waals surface area contributed by atoms with Crippen molar-refractivity contribution in [3.8, 4) is 202 Å². The Morgan fingerprint density at radius 2 is 0.486 bits per heavy atom. The molecule has 19 aromatic carbocycles. The van der Waals surface area contributed by atoms with Crippen LogP contribution in [0.4, 0.5) is 0 Å². The van der Waals surface area contributed by atoms with Gasteiger partial charge < -0.3 is 13.3 Å². The molecule has 27 rings (SSSR count). The molecule has 0 bridgehead atoms. The van der Waals surface area contributed by atoms with Crippen molar-refractivity contribution in [1.82, 2.24) is 14.5 Å². The van der Waals surface area contributed by atoms with Crippen LogP contribution in [0.3, 0.4) is 0 Å². The number of hydrogen-bond acceptors (Lipinski definition) is 9. The molecule has 8 heterocycles. The number of benzene rings is 19. The third-order valence-corrected chi connectivity index (χ3v) is 31.6. The molecule has 0 saturated heterocycles. The minimum Gasteiger partial charge on any atom is -0.463 e. The lowest BCUT2D eigenvalue weighted by Crippen LogP contribution is -2.00. The van der Waals surface area contributed by atoms with Crippen molar-refractivity contribution in [1.29, 1.82) is 0 Å². The van der Waals surface area contributed by atoms with Gasteiger partial charge in [0.15, 0.2) is 5.76 Å². The summed E-state index contributed by atoms with van der Waals surface area (Å²) in [6.45, 7) is 0. The maximum Gasteiger partial charge on any atom is 0.226 e. The van der Waals surface area contributed by atoms with Crippen molar-refractivity contribution in [2.24, 2.45) is 0 Å². The zero-order chi connectivity index (χ0) is 97.3. The second kappa shape index (κ2) is 43.7. The second-order valence-electron chi connectivity index (χ2n) is 35.5. The van der Waals surface area contributed by atoms with Gasteiger partial charge in [0, 0.05) is 145 Å². The van der Waals surface area contributed by atoms with E-state index < -0.39 is 0 Å². The maximum absolute atomic E-state index is 6.61. The summed E-state index contributed by atoms with van der Waals surface area (Å²) in [6, 6.07) is 187. The summed E-state index contributed by atoms with van der Waals surface area (Å²) in [4.78, 5) is 20.2. The maximum atomic E-state index is 6.61. The normalized spacial score (nSPS) is 11.0. The van der Waals surface area contributed by atoms with Gasteiger partial charge in [-0.1, -0.05) is 524 Å². The number of imidazole rings is 1. The fourth-order valence-corrected chi connectivity index (χ4v) is 24.9. The molecule has 0 aliphatic carbocycles. The lowest BCUT2D eigenvalue weighted by molar-refractivity contribution is 0.575. The molecule has 0 amide bonds. The van der Waals surface area contributed by atoms with Gasteiger partial charge in [0.25, 0.3) is 0 Å². The molecule has 27 aromatic rings. The van der Waals surface area contributed by atoms with Gasteiger partial charge in [-0.25, -0.2) is 9.97 Å². The average Bonchev–Trinajstić information content (AvgIpc) is 1.58. The first-order chi connectivity index (χ1) is 72.5. The van der Waals surface area contributed by atoms with Gasteiger partial charge in [-0.15, -0.1) is 45.3 Å². The van der Waals surface area contributed by atoms with Crippen LogP contribution in [-0.2, 0) is 0 Å². The van der Waals surface area contributed by atoms with Gasteiger partial charge >= 0.3 is 0 Å². The predicted octanol–water partition coefficient (Wildman–Crippen LogP) is 41.2. The van der Waals surface area contributed by atoms with Crippen LogP contribution in [0.2, 0.25) is 0 Å². The van der Waals surface area contributed by atoms with Gasteiger partial charge in [-0.3, -0.25) is 4.57 Å². The number of nitrogens with zero attached hydrogens (tertiary/aromatic N) is 3. The summed E-state index contributed by atoms with van der Waals surface area (Å²) in [6.07, 6.45) is 5.88. The van der Waals surface area contributed by atoms with E-state index >= 15 is 0 Å². The Bertz CT molecular complexity index is 9050. The van der Waals surface area contributed by atoms with E-state index in [0.29, 0.717) is 5.89 Å². The SMILES string of the molecule is C.C.c1ccc(-c2cc(-c3ccccc3)c(-c3sc(-c4ccccc4)c4ccccc34)o2)cc1.c1ccc(-c2cn(-c3cccc(-c4ccccc4)c3-c3sc(-c4ccccc4)c4ccccc34)c(-c3ccccc3)n2)cc1.c1ccc(-c2coc(-c3ccccc3)c2-c2sc(-c3ccccc3)c3ccccc23)cc1.c1ccc(-c2nc(-c3cccc(-c4ccccc4)c3-c3sc(-c4ccccc4)c4ccccc34)co2)cc1. The van der Waals surface area contributed by atoms with E-state index in [0.717, 1.165) is 101 Å². The Hall–Kier alpha value is -18.0. The first-order valence-electron chi connectivity index (χ1n) is 48.9. The van der Waals surface area contributed by atoms with Crippen molar-refractivity contribution >= 4 is 88.4 Å². The highest BCUT2D eigenvalue weighted by Crippen LogP contribution is 2.56. The van der Waals surface area contributed by atoms with Gasteiger partial charge in [0.05, 0.1) is 22.5 Å². The first kappa shape index (κ1) is 94.9. The summed E-state index contributed by atoms with van der Waals surface area (Å²) in [7, 11) is 0. The van der Waals surface area contributed by atoms with Gasteiger partial charge in [-0.2, -0.15) is 0 Å². The molecule has 708 valence electrons. The smallest absolute Gasteiger partial charge is 0.226 e. The summed E-state index contributed by atoms with van der Waals surface area (Å²) >= 11 is 7.35. The molecule has 0 unspecified atom stereocenters. The fraction of sp³-hybridized carbons (Fsp3) is 0.0145. The molecule has 0 fully saturated rings. The highest BCUT2D eigenvalue weighted by Gasteiger charge is 2.30. The van der Waals surface area contributed by atoms with Crippen LogP contribution in [0.1, 0.15) is 14.9 Å². The standard InChI is InChI=1S/C41H28N2S.C35H23NOS.2C30H20OS.2CH4/c1-5-16-29(17-6-1)33-26-15-27-37(38(33)40-35-25-14-13-24-34(35)39(44-40)31-20-9-3-10-21-31)43-28-36(30-18-7-2-8-19-30)42-41(43)32-22-11-4-12-23-32;1-4-13-24(14-5-1)27-21-12-22-30(31-23-37-35(36-31)26-17-8-3-9-18-26)32(27)34-29-20-11-10-19-28(29)33(38-34)25-15-6-2-7-16-25;1-4-12-21(13-5-1)26-20-31-28(22-14-6-2-7-15-22)27(26)30-25-19-11-10-18-24(25)29(32-30)23-16-8-3-9-17-23;1-4-12-21(13-5-1)26-20-27(22-14-6-2-7-15-22)31-28(26)30-25-19-11-10-18-24(25)29(32-30)23-16-8-3-9-17-23;;/h1-28H;1-23H;2*1-20H;2*1H4. The van der Waals surface area contributed by atoms with E-state index in [2.05, 4.69) is 484 Å². The molecule has 148 heavy (non-hydrogen) atoms. The van der Waals surface area contributed by atoms with E-state index in [-0.39, 0.29) is 14.9 Å². The molecule has 6 nitrogen and oxygen atoms in total. The molecule has 10 heteroatoms. The van der Waals surface area contributed by atoms with Crippen LogP contribution < -0.4 is 0 Å². The zero-order valence-corrected chi connectivity index (χ0v) is 82.5. The predicted molar refractivity (Wildman–Crippen MR) is 630 cm³/mol. The monoisotopic (exact) mass is 1970 g/mol. The van der Waals surface area contributed by atoms with E-state index in [9.17, 15) is 0 Å². The number of furan rings is 2. The van der Waals surface area contributed by atoms with Crippen molar-refractivity contribution in [2.45, 2.75) is 14.9 Å². The Balaban J connectivity index is 0.000000112. The van der Waals surface area contributed by atoms with E-state index in [1.807, 2.05) is 101 Å². The third-order valence-electron chi connectivity index (χ3n) is 26.4. The zero-order valence-electron chi connectivity index (χ0n) is 79.2. The topological polar surface area (TPSA) is 70.1 Å². The van der Waals surface area contributed by atoms with Gasteiger partial charge in [0.2, 0.25) is 5.89 Å². The summed E-state index contributed by atoms with van der Waals surface area (Å²) in [5, 5.41) is 10.0. The van der Waals surface area contributed by atoms with Crippen LogP contribution in [-0.4, -0.2) is 14.5 Å². The molecule has 0 aliphatic heterocycles. The Morgan fingerprint density at radius 3 is 0.899 bits per heavy atom. The average molecular weight is 1980 g/mol. The fourth-order valence-electron chi connectivity index (χ4n) is 19.6. The molecule has 0 aliphatic rings. The number of rotatable bonds is 19. The highest BCUT2D eigenvalue weighted by atomic mass is 32.1. The minimum absolute atomic E-state index is 0. The quantitative estimate of drug-likeness (QED) is 0.0807. The van der Waals surface area contributed by atoms with Crippen LogP contribution in [0.5, 0.6) is 0 Å². The Kier molecular flexibility index (Phi) is 28.0. The van der Waals surface area contributed by atoms with Crippen molar-refractivity contribution < 1.29 is 13.3 Å². The van der Waals surface area contributed by atoms with Crippen LogP contribution in [0, 0.1) is 0 Å². The lowest BCUT2D eigenvalue weighted by Gasteiger charge is -2.17. The largest absolute Gasteiger partial charge is 0.463 e. The number of oxazole rings is 1. The summed E-state index contributed by atoms with van der Waals surface area (Å²) in [5.41, 5.74) is 27.0. The van der Waals surface area contributed by atoms with Crippen molar-refractivity contribution in [2.75, 3.05) is 0 Å². The molecule has 0 atom stereocenters. The lowest BCUT2D eigenvalue weighted by atomic mass is 9.91. The summed E-state index contributed by atoms with van der Waals surface area (Å²) < 4.78 is 21.2. The van der Waals surface area contributed by atoms with E-state index in [4.69, 9.17) is 23.2 Å². The molecule has 0 saturated carbocycles. The number of thiophene rings is 4. The van der Waals surface area contributed by atoms with Crippen LogP contribution in [0.15, 0.2) is 566 Å². The van der Waals surface area contributed by atoms with Gasteiger partial charge in [0.1, 0.15) is 29.3 Å². The Morgan fingerprint density at radius 1 is 0.189 bits per heavy atom. The highest BCUT2D eigenvalue weighted by molar-refractivity contribution is 7.22. The van der Waals surface area contributed by atoms with E-state index in [1.54, 1.807) is 17.6 Å². The molecule has 0 spiro atoms. The number of aromatic nitrogens is 3. The van der Waals surface area contributed by atoms with Gasteiger partial charge in [-0.05, 0) is 79.9 Å². The molecule has 8 aromatic heterocycles. The molecular weight excluding hydrogens is 1880 g/mol. The van der Waals surface area contributed by atoms with Crippen molar-refractivity contribution in [3.63, 3.8) is 0 Å². The number of fused-ring (bicyclic) bond motifs is 4.